The van der Waals surface area contributed by atoms with Crippen molar-refractivity contribution >= 4 is 33.3 Å². The Labute approximate surface area is 109 Å². The van der Waals surface area contributed by atoms with Gasteiger partial charge >= 0.3 is 6.03 Å². The molecule has 2 N–H and O–H groups in total. The standard InChI is InChI=1S/C10H16N2O2S.CH5P/c13-5-3-1-2-4-8-9-7(6-15-8)11-10(14)12-9;1-2/h5,7-9H,1-4,6H2,(H2,11,12,14);2H2,1H3/t7-,8?,9?;/m0./s1. The van der Waals surface area contributed by atoms with Crippen LogP contribution >= 0.6 is 21.0 Å². The fraction of sp³-hybridized carbons (Fsp3) is 0.818. The summed E-state index contributed by atoms with van der Waals surface area (Å²) in [7, 11) is 2.42. The molecule has 0 spiro atoms. The molecule has 0 aromatic heterocycles. The first-order valence-corrected chi connectivity index (χ1v) is 8.21. The summed E-state index contributed by atoms with van der Waals surface area (Å²) in [6.07, 6.45) is 4.79. The summed E-state index contributed by atoms with van der Waals surface area (Å²) < 4.78 is 0. The summed E-state index contributed by atoms with van der Waals surface area (Å²) in [6, 6.07) is 0.598. The number of fused-ring (bicyclic) bond motifs is 1. The predicted octanol–water partition coefficient (Wildman–Crippen LogP) is 1.40. The van der Waals surface area contributed by atoms with Gasteiger partial charge in [-0.2, -0.15) is 11.8 Å². The molecule has 0 aromatic carbocycles. The van der Waals surface area contributed by atoms with Crippen LogP contribution in [0.1, 0.15) is 25.7 Å². The van der Waals surface area contributed by atoms with Gasteiger partial charge in [-0.15, -0.1) is 9.24 Å². The highest BCUT2D eigenvalue weighted by Crippen LogP contribution is 2.33. The number of carbonyl (C=O) groups excluding carboxylic acids is 2. The van der Waals surface area contributed by atoms with E-state index in [0.717, 1.165) is 31.3 Å². The fourth-order valence-corrected chi connectivity index (χ4v) is 3.76. The third-order valence-electron chi connectivity index (χ3n) is 3.00. The van der Waals surface area contributed by atoms with Gasteiger partial charge in [0, 0.05) is 17.4 Å². The molecule has 0 aromatic rings. The van der Waals surface area contributed by atoms with E-state index in [1.807, 2.05) is 18.4 Å². The van der Waals surface area contributed by atoms with Crippen LogP contribution in [0, 0.1) is 0 Å². The number of unbranched alkanes of at least 4 members (excludes halogenated alkanes) is 2. The van der Waals surface area contributed by atoms with Gasteiger partial charge in [-0.3, -0.25) is 0 Å². The third-order valence-corrected chi connectivity index (χ3v) is 4.51. The lowest BCUT2D eigenvalue weighted by Gasteiger charge is -2.15. The van der Waals surface area contributed by atoms with E-state index in [1.165, 1.54) is 0 Å². The first-order chi connectivity index (χ1) is 8.31. The molecule has 6 heteroatoms. The van der Waals surface area contributed by atoms with Crippen LogP contribution in [0.3, 0.4) is 0 Å². The van der Waals surface area contributed by atoms with Crippen LogP contribution in [0.2, 0.25) is 0 Å². The number of hydrogen-bond donors (Lipinski definition) is 2. The number of nitrogens with one attached hydrogen (secondary N) is 2. The monoisotopic (exact) mass is 276 g/mol. The van der Waals surface area contributed by atoms with Gasteiger partial charge in [0.25, 0.3) is 0 Å². The zero-order chi connectivity index (χ0) is 12.7. The molecule has 3 unspecified atom stereocenters. The molecule has 98 valence electrons. The molecule has 2 aliphatic heterocycles. The van der Waals surface area contributed by atoms with Gasteiger partial charge in [0.2, 0.25) is 0 Å². The molecule has 2 saturated heterocycles. The van der Waals surface area contributed by atoms with Crippen LogP contribution in [0.15, 0.2) is 0 Å². The number of urea groups is 1. The Morgan fingerprint density at radius 3 is 2.88 bits per heavy atom. The Hall–Kier alpha value is -0.280. The Morgan fingerprint density at radius 2 is 2.18 bits per heavy atom. The number of amides is 2. The zero-order valence-corrected chi connectivity index (χ0v) is 12.1. The minimum atomic E-state index is -0.0248. The van der Waals surface area contributed by atoms with Crippen molar-refractivity contribution < 1.29 is 9.59 Å². The van der Waals surface area contributed by atoms with Gasteiger partial charge in [0.05, 0.1) is 12.1 Å². The minimum absolute atomic E-state index is 0.0248. The van der Waals surface area contributed by atoms with Gasteiger partial charge < -0.3 is 15.4 Å². The number of rotatable bonds is 5. The number of aldehydes is 1. The van der Waals surface area contributed by atoms with Crippen molar-refractivity contribution in [3.63, 3.8) is 0 Å². The van der Waals surface area contributed by atoms with E-state index >= 15 is 0 Å². The van der Waals surface area contributed by atoms with E-state index in [0.29, 0.717) is 23.8 Å². The van der Waals surface area contributed by atoms with Crippen molar-refractivity contribution in [2.75, 3.05) is 12.4 Å². The number of carbonyl (C=O) groups is 2. The maximum absolute atomic E-state index is 11.1. The highest BCUT2D eigenvalue weighted by atomic mass is 32.2. The van der Waals surface area contributed by atoms with E-state index in [4.69, 9.17) is 0 Å². The van der Waals surface area contributed by atoms with Crippen LogP contribution in [-0.4, -0.2) is 42.1 Å². The van der Waals surface area contributed by atoms with Gasteiger partial charge in [0.15, 0.2) is 0 Å². The summed E-state index contributed by atoms with van der Waals surface area (Å²) in [4.78, 5) is 21.3. The van der Waals surface area contributed by atoms with Crippen molar-refractivity contribution in [1.29, 1.82) is 0 Å². The molecule has 0 bridgehead atoms. The molecule has 0 saturated carbocycles. The molecule has 4 nitrogen and oxygen atoms in total. The van der Waals surface area contributed by atoms with Gasteiger partial charge in [-0.25, -0.2) is 4.79 Å². The smallest absolute Gasteiger partial charge is 0.315 e. The van der Waals surface area contributed by atoms with E-state index in [1.54, 1.807) is 0 Å². The van der Waals surface area contributed by atoms with E-state index in [2.05, 4.69) is 19.9 Å². The van der Waals surface area contributed by atoms with E-state index in [-0.39, 0.29) is 6.03 Å². The van der Waals surface area contributed by atoms with Crippen LogP contribution in [0.5, 0.6) is 0 Å². The maximum Gasteiger partial charge on any atom is 0.315 e. The van der Waals surface area contributed by atoms with Crippen LogP contribution in [-0.2, 0) is 4.79 Å². The molecule has 2 rings (SSSR count). The molecular formula is C11H21N2O2PS. The topological polar surface area (TPSA) is 58.2 Å². The molecule has 2 aliphatic rings. The maximum atomic E-state index is 11.1. The molecule has 0 radical (unpaired) electrons. The number of thioether (sulfide) groups is 1. The lowest BCUT2D eigenvalue weighted by Crippen LogP contribution is -2.36. The van der Waals surface area contributed by atoms with Crippen LogP contribution in [0.25, 0.3) is 0 Å². The lowest BCUT2D eigenvalue weighted by atomic mass is 10.0. The Bertz CT molecular complexity index is 266. The minimum Gasteiger partial charge on any atom is -0.332 e. The molecular weight excluding hydrogens is 255 g/mol. The quantitative estimate of drug-likeness (QED) is 0.345. The molecule has 17 heavy (non-hydrogen) atoms. The Kier molecular flexibility index (Phi) is 6.90. The summed E-state index contributed by atoms with van der Waals surface area (Å²) in [6.45, 7) is 1.92. The molecule has 2 heterocycles. The van der Waals surface area contributed by atoms with Crippen molar-refractivity contribution in [2.24, 2.45) is 0 Å². The second-order valence-electron chi connectivity index (χ2n) is 4.07. The van der Waals surface area contributed by atoms with Crippen molar-refractivity contribution in [2.45, 2.75) is 43.0 Å². The van der Waals surface area contributed by atoms with Gasteiger partial charge in [0.1, 0.15) is 6.29 Å². The second kappa shape index (κ2) is 7.93. The zero-order valence-electron chi connectivity index (χ0n) is 10.1. The molecule has 2 amide bonds. The molecule has 2 fully saturated rings. The first kappa shape index (κ1) is 14.8. The van der Waals surface area contributed by atoms with Crippen molar-refractivity contribution in [1.82, 2.24) is 10.6 Å². The summed E-state index contributed by atoms with van der Waals surface area (Å²) in [5.74, 6) is 1.02. The highest BCUT2D eigenvalue weighted by Gasteiger charge is 2.42. The average Bonchev–Trinajstić information content (AvgIpc) is 2.87. The predicted molar refractivity (Wildman–Crippen MR) is 75.7 cm³/mol. The van der Waals surface area contributed by atoms with E-state index in [9.17, 15) is 9.59 Å². The SMILES string of the molecule is CP.O=CCCCCC1SC[C@@H]2NC(=O)NC12. The normalized spacial score (nSPS) is 29.8. The fourth-order valence-electron chi connectivity index (χ4n) is 2.22. The van der Waals surface area contributed by atoms with E-state index < -0.39 is 0 Å². The molecule has 0 aliphatic carbocycles. The van der Waals surface area contributed by atoms with Crippen LogP contribution < -0.4 is 10.6 Å². The molecule has 4 atom stereocenters. The first-order valence-electron chi connectivity index (χ1n) is 6.01. The largest absolute Gasteiger partial charge is 0.332 e. The Balaban J connectivity index is 0.000000686. The Morgan fingerprint density at radius 1 is 1.41 bits per heavy atom. The summed E-state index contributed by atoms with van der Waals surface area (Å²) in [5, 5.41) is 6.42. The second-order valence-corrected chi connectivity index (χ2v) is 5.35. The highest BCUT2D eigenvalue weighted by molar-refractivity contribution is 8.00. The third kappa shape index (κ3) is 4.14. The van der Waals surface area contributed by atoms with Crippen molar-refractivity contribution in [3.8, 4) is 0 Å². The lowest BCUT2D eigenvalue weighted by molar-refractivity contribution is -0.107. The van der Waals surface area contributed by atoms with Crippen molar-refractivity contribution in [3.05, 3.63) is 0 Å². The van der Waals surface area contributed by atoms with Gasteiger partial charge in [-0.05, 0) is 12.8 Å². The number of hydrogen-bond acceptors (Lipinski definition) is 3. The average molecular weight is 276 g/mol. The summed E-state index contributed by atoms with van der Waals surface area (Å²) in [5.41, 5.74) is 0. The summed E-state index contributed by atoms with van der Waals surface area (Å²) >= 11 is 1.93. The van der Waals surface area contributed by atoms with Gasteiger partial charge in [-0.1, -0.05) is 13.1 Å². The van der Waals surface area contributed by atoms with Crippen LogP contribution in [0.4, 0.5) is 4.79 Å².